The minimum atomic E-state index is -0.942. The zero-order valence-corrected chi connectivity index (χ0v) is 22.0. The summed E-state index contributed by atoms with van der Waals surface area (Å²) in [7, 11) is 0. The van der Waals surface area contributed by atoms with Gasteiger partial charge in [-0.15, -0.1) is 0 Å². The molecule has 0 atom stereocenters. The van der Waals surface area contributed by atoms with Gasteiger partial charge in [0.15, 0.2) is 11.6 Å². The number of nitrogens with zero attached hydrogens (tertiary/aromatic N) is 3. The molecule has 0 unspecified atom stereocenters. The predicted molar refractivity (Wildman–Crippen MR) is 149 cm³/mol. The molecule has 11 heteroatoms. The molecule has 1 aliphatic rings. The van der Waals surface area contributed by atoms with Crippen LogP contribution in [0.5, 0.6) is 0 Å². The molecule has 0 bridgehead atoms. The van der Waals surface area contributed by atoms with Crippen LogP contribution in [0.2, 0.25) is 0 Å². The minimum Gasteiger partial charge on any atom is -0.354 e. The molecule has 0 spiro atoms. The molecule has 8 nitrogen and oxygen atoms in total. The van der Waals surface area contributed by atoms with Crippen molar-refractivity contribution in [2.75, 3.05) is 18.4 Å². The van der Waals surface area contributed by atoms with Crippen molar-refractivity contribution >= 4 is 22.5 Å². The second-order valence-electron chi connectivity index (χ2n) is 10.3. The highest BCUT2D eigenvalue weighted by molar-refractivity contribution is 6.04. The highest BCUT2D eigenvalue weighted by Gasteiger charge is 2.19. The van der Waals surface area contributed by atoms with Crippen molar-refractivity contribution in [3.8, 4) is 11.3 Å². The van der Waals surface area contributed by atoms with Crippen LogP contribution in [-0.2, 0) is 13.1 Å². The highest BCUT2D eigenvalue weighted by atomic mass is 19.2. The van der Waals surface area contributed by atoms with Crippen LogP contribution >= 0.6 is 0 Å². The average Bonchev–Trinajstić information content (AvgIpc) is 3.58. The van der Waals surface area contributed by atoms with Gasteiger partial charge in [0.05, 0.1) is 35.2 Å². The fourth-order valence-corrected chi connectivity index (χ4v) is 5.10. The third-order valence-corrected chi connectivity index (χ3v) is 7.28. The van der Waals surface area contributed by atoms with Gasteiger partial charge >= 0.3 is 0 Å². The molecule has 1 saturated heterocycles. The Morgan fingerprint density at radius 1 is 1.00 bits per heavy atom. The van der Waals surface area contributed by atoms with Crippen LogP contribution in [-0.4, -0.2) is 49.8 Å². The van der Waals surface area contributed by atoms with E-state index in [4.69, 9.17) is 0 Å². The van der Waals surface area contributed by atoms with Gasteiger partial charge in [-0.1, -0.05) is 12.1 Å². The van der Waals surface area contributed by atoms with Crippen LogP contribution in [0, 0.1) is 11.6 Å². The molecule has 0 radical (unpaired) electrons. The number of amides is 1. The van der Waals surface area contributed by atoms with Gasteiger partial charge < -0.3 is 15.3 Å². The molecule has 1 fully saturated rings. The number of carbonyl (C=O) groups is 1. The van der Waals surface area contributed by atoms with Crippen LogP contribution < -0.4 is 10.9 Å². The first kappa shape index (κ1) is 26.6. The van der Waals surface area contributed by atoms with Crippen LogP contribution in [0.15, 0.2) is 71.9 Å². The lowest BCUT2D eigenvalue weighted by molar-refractivity contribution is 0.102. The lowest BCUT2D eigenvalue weighted by atomic mass is 10.1. The first-order chi connectivity index (χ1) is 19.8. The molecule has 41 heavy (non-hydrogen) atoms. The molecule has 0 aliphatic carbocycles. The lowest BCUT2D eigenvalue weighted by Gasteiger charge is -2.28. The zero-order valence-electron chi connectivity index (χ0n) is 22.0. The Balaban J connectivity index is 1.16. The summed E-state index contributed by atoms with van der Waals surface area (Å²) < 4.78 is 41.7. The quantitative estimate of drug-likeness (QED) is 0.254. The Labute approximate surface area is 232 Å². The van der Waals surface area contributed by atoms with E-state index in [2.05, 4.69) is 31.3 Å². The predicted octanol–water partition coefficient (Wildman–Crippen LogP) is 5.23. The largest absolute Gasteiger partial charge is 0.354 e. The zero-order chi connectivity index (χ0) is 28.5. The summed E-state index contributed by atoms with van der Waals surface area (Å²) in [5.41, 5.74) is 3.66. The van der Waals surface area contributed by atoms with Crippen LogP contribution in [0.1, 0.15) is 34.3 Å². The van der Waals surface area contributed by atoms with Gasteiger partial charge in [-0.05, 0) is 60.4 Å². The number of aromatic amines is 2. The van der Waals surface area contributed by atoms with Crippen LogP contribution in [0.25, 0.3) is 22.2 Å². The second kappa shape index (κ2) is 11.1. The number of carbonyl (C=O) groups excluding carboxylic acids is 1. The summed E-state index contributed by atoms with van der Waals surface area (Å²) in [6.07, 6.45) is 4.76. The van der Waals surface area contributed by atoms with E-state index >= 15 is 0 Å². The number of fused-ring (bicyclic) bond motifs is 1. The maximum Gasteiger partial charge on any atom is 0.257 e. The topological polar surface area (TPSA) is 98.8 Å². The molecule has 1 aliphatic heterocycles. The normalized spacial score (nSPS) is 14.5. The fraction of sp³-hybridized carbons (Fsp3) is 0.233. The standard InChI is InChI=1S/C30H27F3N6O2/c31-22-5-7-38(8-6-22)15-18-2-4-27-20(9-18)12-28(37-27)24-11-21(13-34-30(24)41)29(40)36-23-14-35-39(17-23)16-19-1-3-25(32)26(33)10-19/h1-4,9-14,17,22,37H,5-8,15-16H2,(H,34,41)(H,36,40). The van der Waals surface area contributed by atoms with E-state index < -0.39 is 23.7 Å². The first-order valence-electron chi connectivity index (χ1n) is 13.3. The Morgan fingerprint density at radius 3 is 2.59 bits per heavy atom. The molecule has 210 valence electrons. The molecule has 5 aromatic rings. The number of likely N-dealkylation sites (tertiary alicyclic amines) is 1. The number of hydrogen-bond acceptors (Lipinski definition) is 4. The molecular formula is C30H27F3N6O2. The number of nitrogens with one attached hydrogen (secondary N) is 3. The van der Waals surface area contributed by atoms with Gasteiger partial charge in [0, 0.05) is 42.9 Å². The van der Waals surface area contributed by atoms with E-state index in [0.29, 0.717) is 35.3 Å². The summed E-state index contributed by atoms with van der Waals surface area (Å²) in [6.45, 7) is 2.39. The minimum absolute atomic E-state index is 0.189. The third-order valence-electron chi connectivity index (χ3n) is 7.28. The van der Waals surface area contributed by atoms with Gasteiger partial charge in [-0.2, -0.15) is 5.10 Å². The second-order valence-corrected chi connectivity index (χ2v) is 10.3. The number of H-pyrrole nitrogens is 2. The number of hydrogen-bond donors (Lipinski definition) is 3. The third kappa shape index (κ3) is 5.94. The number of halogens is 3. The van der Waals surface area contributed by atoms with Crippen molar-refractivity contribution in [2.45, 2.75) is 32.1 Å². The average molecular weight is 561 g/mol. The number of aromatic nitrogens is 4. The van der Waals surface area contributed by atoms with Crippen molar-refractivity contribution < 1.29 is 18.0 Å². The number of rotatable bonds is 7. The van der Waals surface area contributed by atoms with E-state index in [9.17, 15) is 22.8 Å². The highest BCUT2D eigenvalue weighted by Crippen LogP contribution is 2.25. The molecular weight excluding hydrogens is 533 g/mol. The van der Waals surface area contributed by atoms with Crippen LogP contribution in [0.3, 0.4) is 0 Å². The van der Waals surface area contributed by atoms with Gasteiger partial charge in [-0.25, -0.2) is 13.2 Å². The SMILES string of the molecule is O=C(Nc1cnn(Cc2ccc(F)c(F)c2)c1)c1c[nH]c(=O)c(-c2cc3cc(CN4CCC(F)CC4)ccc3[nH]2)c1. The summed E-state index contributed by atoms with van der Waals surface area (Å²) in [5.74, 6) is -2.32. The molecule has 4 heterocycles. The Morgan fingerprint density at radius 2 is 1.78 bits per heavy atom. The summed E-state index contributed by atoms with van der Waals surface area (Å²) in [4.78, 5) is 33.8. The molecule has 6 rings (SSSR count). The first-order valence-corrected chi connectivity index (χ1v) is 13.3. The molecule has 1 amide bonds. The molecule has 0 saturated carbocycles. The number of piperidine rings is 1. The van der Waals surface area contributed by atoms with Crippen molar-refractivity contribution in [3.63, 3.8) is 0 Å². The molecule has 3 aromatic heterocycles. The van der Waals surface area contributed by atoms with Gasteiger partial charge in [0.1, 0.15) is 6.17 Å². The smallest absolute Gasteiger partial charge is 0.257 e. The van der Waals surface area contributed by atoms with Gasteiger partial charge in [0.25, 0.3) is 11.5 Å². The van der Waals surface area contributed by atoms with E-state index in [1.807, 2.05) is 18.2 Å². The Kier molecular flexibility index (Phi) is 7.19. The van der Waals surface area contributed by atoms with E-state index in [1.165, 1.54) is 29.2 Å². The fourth-order valence-electron chi connectivity index (χ4n) is 5.10. The maximum atomic E-state index is 13.5. The van der Waals surface area contributed by atoms with Gasteiger partial charge in [0.2, 0.25) is 0 Å². The van der Waals surface area contributed by atoms with E-state index in [-0.39, 0.29) is 17.7 Å². The Hall–Kier alpha value is -4.64. The number of pyridine rings is 1. The van der Waals surface area contributed by atoms with E-state index in [1.54, 1.807) is 6.20 Å². The monoisotopic (exact) mass is 560 g/mol. The van der Waals surface area contributed by atoms with Crippen molar-refractivity contribution in [2.24, 2.45) is 0 Å². The Bertz CT molecular complexity index is 1780. The molecule has 3 N–H and O–H groups in total. The maximum absolute atomic E-state index is 13.5. The number of benzene rings is 2. The van der Waals surface area contributed by atoms with Crippen molar-refractivity contribution in [1.82, 2.24) is 24.6 Å². The number of anilines is 1. The summed E-state index contributed by atoms with van der Waals surface area (Å²) in [6, 6.07) is 13.0. The lowest BCUT2D eigenvalue weighted by Crippen LogP contribution is -2.33. The molecule has 2 aromatic carbocycles. The summed E-state index contributed by atoms with van der Waals surface area (Å²) in [5, 5.41) is 7.84. The van der Waals surface area contributed by atoms with Gasteiger partial charge in [-0.3, -0.25) is 19.2 Å². The number of alkyl halides is 1. The van der Waals surface area contributed by atoms with Crippen LogP contribution in [0.4, 0.5) is 18.9 Å². The summed E-state index contributed by atoms with van der Waals surface area (Å²) >= 11 is 0. The van der Waals surface area contributed by atoms with Crippen molar-refractivity contribution in [3.05, 3.63) is 106 Å². The van der Waals surface area contributed by atoms with E-state index in [0.717, 1.165) is 48.2 Å². The van der Waals surface area contributed by atoms with Crippen molar-refractivity contribution in [1.29, 1.82) is 0 Å².